The first kappa shape index (κ1) is 14.8. The zero-order chi connectivity index (χ0) is 13.7. The second-order valence-electron chi connectivity index (χ2n) is 6.05. The molecule has 0 bridgehead atoms. The van der Waals surface area contributed by atoms with Gasteiger partial charge in [0.1, 0.15) is 0 Å². The van der Waals surface area contributed by atoms with Crippen molar-refractivity contribution in [2.75, 3.05) is 33.3 Å². The molecule has 0 saturated carbocycles. The molecule has 110 valence electrons. The SMILES string of the molecule is CC(CCCC(=O)N1CCCC1)N(C)CC1CCO1. The maximum absolute atomic E-state index is 11.9. The van der Waals surface area contributed by atoms with E-state index >= 15 is 0 Å². The van der Waals surface area contributed by atoms with E-state index in [1.165, 1.54) is 19.3 Å². The lowest BCUT2D eigenvalue weighted by Gasteiger charge is -2.33. The first-order chi connectivity index (χ1) is 9.16. The van der Waals surface area contributed by atoms with E-state index in [9.17, 15) is 4.79 Å². The van der Waals surface area contributed by atoms with Gasteiger partial charge in [-0.05, 0) is 46.1 Å². The first-order valence-corrected chi connectivity index (χ1v) is 7.76. The third-order valence-corrected chi connectivity index (χ3v) is 4.51. The van der Waals surface area contributed by atoms with Crippen LogP contribution in [0.15, 0.2) is 0 Å². The number of hydrogen-bond acceptors (Lipinski definition) is 3. The van der Waals surface area contributed by atoms with E-state index in [0.29, 0.717) is 18.1 Å². The van der Waals surface area contributed by atoms with Gasteiger partial charge in [0.2, 0.25) is 5.91 Å². The fourth-order valence-corrected chi connectivity index (χ4v) is 2.82. The highest BCUT2D eigenvalue weighted by atomic mass is 16.5. The van der Waals surface area contributed by atoms with E-state index in [2.05, 4.69) is 18.9 Å². The van der Waals surface area contributed by atoms with E-state index < -0.39 is 0 Å². The number of amides is 1. The minimum absolute atomic E-state index is 0.356. The van der Waals surface area contributed by atoms with E-state index in [4.69, 9.17) is 4.74 Å². The molecule has 2 saturated heterocycles. The number of ether oxygens (including phenoxy) is 1. The number of rotatable bonds is 7. The van der Waals surface area contributed by atoms with Crippen LogP contribution in [0.1, 0.15) is 45.4 Å². The lowest BCUT2D eigenvalue weighted by Crippen LogP contribution is -2.41. The molecule has 0 spiro atoms. The largest absolute Gasteiger partial charge is 0.377 e. The van der Waals surface area contributed by atoms with Gasteiger partial charge in [-0.1, -0.05) is 0 Å². The van der Waals surface area contributed by atoms with Crippen molar-refractivity contribution in [2.45, 2.75) is 57.6 Å². The zero-order valence-electron chi connectivity index (χ0n) is 12.4. The van der Waals surface area contributed by atoms with Crippen LogP contribution < -0.4 is 0 Å². The molecule has 2 atom stereocenters. The van der Waals surface area contributed by atoms with Gasteiger partial charge in [-0.25, -0.2) is 0 Å². The monoisotopic (exact) mass is 268 g/mol. The lowest BCUT2D eigenvalue weighted by atomic mass is 10.1. The van der Waals surface area contributed by atoms with Gasteiger partial charge in [0.25, 0.3) is 0 Å². The van der Waals surface area contributed by atoms with Crippen molar-refractivity contribution < 1.29 is 9.53 Å². The molecule has 2 fully saturated rings. The van der Waals surface area contributed by atoms with Gasteiger partial charge >= 0.3 is 0 Å². The van der Waals surface area contributed by atoms with Crippen molar-refractivity contribution in [3.05, 3.63) is 0 Å². The van der Waals surface area contributed by atoms with Crippen LogP contribution in [0.4, 0.5) is 0 Å². The Balaban J connectivity index is 1.57. The molecule has 2 aliphatic heterocycles. The second-order valence-corrected chi connectivity index (χ2v) is 6.05. The van der Waals surface area contributed by atoms with Crippen LogP contribution in [-0.2, 0) is 9.53 Å². The number of likely N-dealkylation sites (N-methyl/N-ethyl adjacent to an activating group) is 1. The normalized spacial score (nSPS) is 24.6. The molecule has 2 unspecified atom stereocenters. The van der Waals surface area contributed by atoms with Crippen LogP contribution in [0.5, 0.6) is 0 Å². The molecule has 1 amide bonds. The van der Waals surface area contributed by atoms with Gasteiger partial charge in [-0.2, -0.15) is 0 Å². The highest BCUT2D eigenvalue weighted by molar-refractivity contribution is 5.76. The highest BCUT2D eigenvalue weighted by Crippen LogP contribution is 2.16. The van der Waals surface area contributed by atoms with Gasteiger partial charge in [0.15, 0.2) is 0 Å². The molecule has 0 N–H and O–H groups in total. The smallest absolute Gasteiger partial charge is 0.222 e. The van der Waals surface area contributed by atoms with Crippen LogP contribution in [0.2, 0.25) is 0 Å². The fourth-order valence-electron chi connectivity index (χ4n) is 2.82. The summed E-state index contributed by atoms with van der Waals surface area (Å²) in [5, 5.41) is 0. The third-order valence-electron chi connectivity index (χ3n) is 4.51. The molecule has 0 aliphatic carbocycles. The van der Waals surface area contributed by atoms with Crippen molar-refractivity contribution in [1.82, 2.24) is 9.80 Å². The fraction of sp³-hybridized carbons (Fsp3) is 0.933. The molecule has 0 aromatic heterocycles. The number of carbonyl (C=O) groups excluding carboxylic acids is 1. The summed E-state index contributed by atoms with van der Waals surface area (Å²) in [6, 6.07) is 0.538. The Hall–Kier alpha value is -0.610. The lowest BCUT2D eigenvalue weighted by molar-refractivity contribution is -0.130. The van der Waals surface area contributed by atoms with Gasteiger partial charge in [0.05, 0.1) is 6.10 Å². The van der Waals surface area contributed by atoms with Crippen molar-refractivity contribution in [1.29, 1.82) is 0 Å². The quantitative estimate of drug-likeness (QED) is 0.707. The number of carbonyl (C=O) groups is 1. The first-order valence-electron chi connectivity index (χ1n) is 7.76. The van der Waals surface area contributed by atoms with E-state index in [-0.39, 0.29) is 0 Å². The van der Waals surface area contributed by atoms with Crippen molar-refractivity contribution in [2.24, 2.45) is 0 Å². The van der Waals surface area contributed by atoms with Crippen LogP contribution in [0.3, 0.4) is 0 Å². The molecule has 19 heavy (non-hydrogen) atoms. The van der Waals surface area contributed by atoms with Crippen LogP contribution in [0.25, 0.3) is 0 Å². The summed E-state index contributed by atoms with van der Waals surface area (Å²) in [7, 11) is 2.16. The zero-order valence-corrected chi connectivity index (χ0v) is 12.4. The molecule has 0 radical (unpaired) electrons. The molecule has 2 rings (SSSR count). The van der Waals surface area contributed by atoms with E-state index in [0.717, 1.165) is 45.5 Å². The van der Waals surface area contributed by atoms with Crippen molar-refractivity contribution in [3.63, 3.8) is 0 Å². The summed E-state index contributed by atoms with van der Waals surface area (Å²) in [5.74, 6) is 0.356. The van der Waals surface area contributed by atoms with Crippen LogP contribution in [-0.4, -0.2) is 61.1 Å². The average Bonchev–Trinajstić information content (AvgIpc) is 2.87. The van der Waals surface area contributed by atoms with Gasteiger partial charge < -0.3 is 14.5 Å². The molecule has 0 aromatic rings. The van der Waals surface area contributed by atoms with Crippen LogP contribution in [0, 0.1) is 0 Å². The molecule has 4 heteroatoms. The van der Waals surface area contributed by atoms with Crippen molar-refractivity contribution >= 4 is 5.91 Å². The molecule has 2 aliphatic rings. The summed E-state index contributed by atoms with van der Waals surface area (Å²) in [5.41, 5.74) is 0. The second kappa shape index (κ2) is 7.25. The Morgan fingerprint density at radius 3 is 2.68 bits per heavy atom. The number of nitrogens with zero attached hydrogens (tertiary/aromatic N) is 2. The summed E-state index contributed by atoms with van der Waals surface area (Å²) < 4.78 is 5.46. The molecular formula is C15H28N2O2. The Kier molecular flexibility index (Phi) is 5.64. The average molecular weight is 268 g/mol. The Morgan fingerprint density at radius 1 is 1.42 bits per heavy atom. The summed E-state index contributed by atoms with van der Waals surface area (Å²) in [6.07, 6.45) is 6.84. The predicted octanol–water partition coefficient (Wildman–Crippen LogP) is 1.89. The summed E-state index contributed by atoms with van der Waals surface area (Å²) >= 11 is 0. The molecule has 2 heterocycles. The molecule has 4 nitrogen and oxygen atoms in total. The number of likely N-dealkylation sites (tertiary alicyclic amines) is 1. The van der Waals surface area contributed by atoms with E-state index in [1.807, 2.05) is 4.90 Å². The molecular weight excluding hydrogens is 240 g/mol. The topological polar surface area (TPSA) is 32.8 Å². The minimum atomic E-state index is 0.356. The van der Waals surface area contributed by atoms with E-state index in [1.54, 1.807) is 0 Å². The van der Waals surface area contributed by atoms with Gasteiger partial charge in [-0.3, -0.25) is 4.79 Å². The Morgan fingerprint density at radius 2 is 2.11 bits per heavy atom. The van der Waals surface area contributed by atoms with Gasteiger partial charge in [-0.15, -0.1) is 0 Å². The maximum Gasteiger partial charge on any atom is 0.222 e. The minimum Gasteiger partial charge on any atom is -0.377 e. The Bertz CT molecular complexity index is 286. The van der Waals surface area contributed by atoms with Gasteiger partial charge in [0, 0.05) is 38.7 Å². The number of hydrogen-bond donors (Lipinski definition) is 0. The highest BCUT2D eigenvalue weighted by Gasteiger charge is 2.22. The van der Waals surface area contributed by atoms with Crippen LogP contribution >= 0.6 is 0 Å². The summed E-state index contributed by atoms with van der Waals surface area (Å²) in [4.78, 5) is 16.3. The summed E-state index contributed by atoms with van der Waals surface area (Å²) in [6.45, 7) is 6.16. The Labute approximate surface area is 117 Å². The third kappa shape index (κ3) is 4.46. The maximum atomic E-state index is 11.9. The van der Waals surface area contributed by atoms with Crippen molar-refractivity contribution in [3.8, 4) is 0 Å². The molecule has 0 aromatic carbocycles. The standard InChI is InChI=1S/C15H28N2O2/c1-13(16(2)12-14-8-11-19-14)6-5-7-15(18)17-9-3-4-10-17/h13-14H,3-12H2,1-2H3. The predicted molar refractivity (Wildman–Crippen MR) is 76.1 cm³/mol.